The van der Waals surface area contributed by atoms with Crippen LogP contribution in [0.15, 0.2) is 24.3 Å². The number of rotatable bonds is 4. The van der Waals surface area contributed by atoms with Gasteiger partial charge in [0.05, 0.1) is 0 Å². The Hall–Kier alpha value is -0.570. The first kappa shape index (κ1) is 15.8. The van der Waals surface area contributed by atoms with Crippen LogP contribution in [0.4, 0.5) is 0 Å². The highest BCUT2D eigenvalue weighted by Crippen LogP contribution is 2.34. The predicted molar refractivity (Wildman–Crippen MR) is 87.0 cm³/mol. The van der Waals surface area contributed by atoms with E-state index in [1.54, 1.807) is 0 Å². The zero-order valence-electron chi connectivity index (χ0n) is 12.7. The highest BCUT2D eigenvalue weighted by atomic mass is 35.5. The van der Waals surface area contributed by atoms with Gasteiger partial charge in [0.15, 0.2) is 0 Å². The molecule has 1 aliphatic rings. The predicted octanol–water partition coefficient (Wildman–Crippen LogP) is 4.07. The summed E-state index contributed by atoms with van der Waals surface area (Å²) in [5.41, 5.74) is 7.65. The molecule has 3 heteroatoms. The van der Waals surface area contributed by atoms with E-state index in [9.17, 15) is 0 Å². The van der Waals surface area contributed by atoms with Gasteiger partial charge in [-0.1, -0.05) is 43.5 Å². The summed E-state index contributed by atoms with van der Waals surface area (Å²) in [6.45, 7) is 4.07. The van der Waals surface area contributed by atoms with Gasteiger partial charge in [-0.2, -0.15) is 0 Å². The second kappa shape index (κ2) is 6.93. The van der Waals surface area contributed by atoms with Crippen LogP contribution in [0.2, 0.25) is 5.02 Å². The summed E-state index contributed by atoms with van der Waals surface area (Å²) < 4.78 is 0. The lowest BCUT2D eigenvalue weighted by atomic mass is 9.87. The molecule has 0 bridgehead atoms. The molecule has 2 unspecified atom stereocenters. The van der Waals surface area contributed by atoms with Gasteiger partial charge in [0.1, 0.15) is 0 Å². The van der Waals surface area contributed by atoms with E-state index in [-0.39, 0.29) is 5.54 Å². The van der Waals surface area contributed by atoms with E-state index >= 15 is 0 Å². The summed E-state index contributed by atoms with van der Waals surface area (Å²) in [6.07, 6.45) is 6.37. The lowest BCUT2D eigenvalue weighted by Gasteiger charge is -2.41. The van der Waals surface area contributed by atoms with Crippen molar-refractivity contribution in [3.8, 4) is 0 Å². The zero-order chi connectivity index (χ0) is 14.6. The molecule has 0 amide bonds. The number of nitrogens with zero attached hydrogens (tertiary/aromatic N) is 1. The molecule has 0 aromatic heterocycles. The first-order chi connectivity index (χ1) is 9.55. The lowest BCUT2D eigenvalue weighted by molar-refractivity contribution is 0.0987. The number of hydrogen-bond donors (Lipinski definition) is 1. The van der Waals surface area contributed by atoms with Crippen LogP contribution in [-0.4, -0.2) is 24.0 Å². The van der Waals surface area contributed by atoms with E-state index in [0.717, 1.165) is 24.0 Å². The molecule has 0 aliphatic heterocycles. The third-order valence-electron chi connectivity index (χ3n) is 4.96. The summed E-state index contributed by atoms with van der Waals surface area (Å²) in [5, 5.41) is 0.799. The molecule has 0 heterocycles. The summed E-state index contributed by atoms with van der Waals surface area (Å²) in [7, 11) is 2.22. The second-order valence-corrected chi connectivity index (χ2v) is 6.88. The topological polar surface area (TPSA) is 29.3 Å². The van der Waals surface area contributed by atoms with Gasteiger partial charge in [0.25, 0.3) is 0 Å². The summed E-state index contributed by atoms with van der Waals surface area (Å²) in [6, 6.07) is 8.16. The molecular weight excluding hydrogens is 268 g/mol. The smallest absolute Gasteiger partial charge is 0.0406 e. The molecule has 1 saturated carbocycles. The van der Waals surface area contributed by atoms with Crippen LogP contribution in [0.5, 0.6) is 0 Å². The Morgan fingerprint density at radius 3 is 2.60 bits per heavy atom. The Morgan fingerprint density at radius 2 is 1.95 bits per heavy atom. The SMILES string of the molecule is CC1CCCC(CN)(N(C)Cc2ccc(Cl)cc2)CC1. The van der Waals surface area contributed by atoms with Gasteiger partial charge >= 0.3 is 0 Å². The molecule has 0 radical (unpaired) electrons. The van der Waals surface area contributed by atoms with Gasteiger partial charge in [-0.3, -0.25) is 4.90 Å². The third kappa shape index (κ3) is 3.75. The minimum absolute atomic E-state index is 0.171. The number of nitrogens with two attached hydrogens (primary N) is 1. The fraction of sp³-hybridized carbons (Fsp3) is 0.647. The van der Waals surface area contributed by atoms with Crippen molar-refractivity contribution in [1.29, 1.82) is 0 Å². The average Bonchev–Trinajstić information content (AvgIpc) is 2.64. The minimum atomic E-state index is 0.171. The molecule has 1 aromatic rings. The maximum absolute atomic E-state index is 6.17. The summed E-state index contributed by atoms with van der Waals surface area (Å²) >= 11 is 5.96. The maximum atomic E-state index is 6.17. The van der Waals surface area contributed by atoms with Crippen LogP contribution >= 0.6 is 11.6 Å². The molecule has 20 heavy (non-hydrogen) atoms. The summed E-state index contributed by atoms with van der Waals surface area (Å²) in [5.74, 6) is 0.840. The Kier molecular flexibility index (Phi) is 5.48. The first-order valence-corrected chi connectivity index (χ1v) is 8.09. The maximum Gasteiger partial charge on any atom is 0.0406 e. The van der Waals surface area contributed by atoms with Gasteiger partial charge in [-0.25, -0.2) is 0 Å². The monoisotopic (exact) mass is 294 g/mol. The van der Waals surface area contributed by atoms with Crippen LogP contribution in [0, 0.1) is 5.92 Å². The van der Waals surface area contributed by atoms with Crippen molar-refractivity contribution in [3.63, 3.8) is 0 Å². The molecule has 0 saturated heterocycles. The van der Waals surface area contributed by atoms with E-state index in [2.05, 4.69) is 31.0 Å². The van der Waals surface area contributed by atoms with Crippen LogP contribution in [0.25, 0.3) is 0 Å². The van der Waals surface area contributed by atoms with Crippen LogP contribution < -0.4 is 5.73 Å². The second-order valence-electron chi connectivity index (χ2n) is 6.45. The van der Waals surface area contributed by atoms with Gasteiger partial charge in [0, 0.05) is 23.7 Å². The fourth-order valence-electron chi connectivity index (χ4n) is 3.34. The zero-order valence-corrected chi connectivity index (χ0v) is 13.5. The van der Waals surface area contributed by atoms with Gasteiger partial charge in [-0.05, 0) is 49.9 Å². The van der Waals surface area contributed by atoms with Crippen molar-refractivity contribution in [1.82, 2.24) is 4.90 Å². The molecule has 2 nitrogen and oxygen atoms in total. The Morgan fingerprint density at radius 1 is 1.25 bits per heavy atom. The molecule has 2 N–H and O–H groups in total. The van der Waals surface area contributed by atoms with Gasteiger partial charge < -0.3 is 5.73 Å². The van der Waals surface area contributed by atoms with Gasteiger partial charge in [-0.15, -0.1) is 0 Å². The lowest BCUT2D eigenvalue weighted by Crippen LogP contribution is -2.51. The Labute approximate surface area is 128 Å². The van der Waals surface area contributed by atoms with Crippen molar-refractivity contribution in [3.05, 3.63) is 34.9 Å². The van der Waals surface area contributed by atoms with Gasteiger partial charge in [0.2, 0.25) is 0 Å². The van der Waals surface area contributed by atoms with E-state index in [4.69, 9.17) is 17.3 Å². The summed E-state index contributed by atoms with van der Waals surface area (Å²) in [4.78, 5) is 2.47. The van der Waals surface area contributed by atoms with E-state index in [0.29, 0.717) is 0 Å². The molecule has 2 atom stereocenters. The molecule has 1 fully saturated rings. The van der Waals surface area contributed by atoms with Crippen molar-refractivity contribution in [2.45, 2.75) is 51.1 Å². The van der Waals surface area contributed by atoms with E-state index in [1.165, 1.54) is 37.7 Å². The molecule has 2 rings (SSSR count). The average molecular weight is 295 g/mol. The van der Waals surface area contributed by atoms with E-state index in [1.807, 2.05) is 12.1 Å². The molecule has 1 aliphatic carbocycles. The molecule has 0 spiro atoms. The number of halogens is 1. The van der Waals surface area contributed by atoms with Crippen LogP contribution in [-0.2, 0) is 6.54 Å². The number of benzene rings is 1. The standard InChI is InChI=1S/C17H27ClN2/c1-14-4-3-10-17(13-19,11-9-14)20(2)12-15-5-7-16(18)8-6-15/h5-8,14H,3-4,9-13,19H2,1-2H3. The van der Waals surface area contributed by atoms with E-state index < -0.39 is 0 Å². The van der Waals surface area contributed by atoms with Crippen molar-refractivity contribution in [2.24, 2.45) is 11.7 Å². The first-order valence-electron chi connectivity index (χ1n) is 7.71. The molecule has 112 valence electrons. The Bertz CT molecular complexity index is 418. The number of hydrogen-bond acceptors (Lipinski definition) is 2. The van der Waals surface area contributed by atoms with Crippen LogP contribution in [0.1, 0.15) is 44.6 Å². The Balaban J connectivity index is 2.07. The normalized spacial score (nSPS) is 27.6. The quantitative estimate of drug-likeness (QED) is 0.848. The van der Waals surface area contributed by atoms with Crippen LogP contribution in [0.3, 0.4) is 0 Å². The minimum Gasteiger partial charge on any atom is -0.329 e. The van der Waals surface area contributed by atoms with Crippen molar-refractivity contribution < 1.29 is 0 Å². The third-order valence-corrected chi connectivity index (χ3v) is 5.22. The highest BCUT2D eigenvalue weighted by Gasteiger charge is 2.34. The molecule has 1 aromatic carbocycles. The largest absolute Gasteiger partial charge is 0.329 e. The van der Waals surface area contributed by atoms with Crippen molar-refractivity contribution >= 4 is 11.6 Å². The van der Waals surface area contributed by atoms with Crippen molar-refractivity contribution in [2.75, 3.05) is 13.6 Å². The highest BCUT2D eigenvalue weighted by molar-refractivity contribution is 6.30. The fourth-order valence-corrected chi connectivity index (χ4v) is 3.46. The molecular formula is C17H27ClN2. The number of likely N-dealkylation sites (N-methyl/N-ethyl adjacent to an activating group) is 1.